The molecule has 0 saturated carbocycles. The number of allylic oxidation sites excluding steroid dienone is 2. The van der Waals surface area contributed by atoms with Crippen LogP contribution in [0, 0.1) is 0 Å². The maximum atomic E-state index is 12.5. The lowest BCUT2D eigenvalue weighted by Gasteiger charge is -2.18. The van der Waals surface area contributed by atoms with E-state index in [1.54, 1.807) is 24.3 Å². The number of benzene rings is 1. The quantitative estimate of drug-likeness (QED) is 0.297. The number of Topliss-reactive ketones (excluding diaryl/α,β-unsaturated/α-hetero) is 2. The van der Waals surface area contributed by atoms with Crippen molar-refractivity contribution < 1.29 is 19.8 Å². The van der Waals surface area contributed by atoms with E-state index in [4.69, 9.17) is 11.6 Å². The molecule has 1 aromatic carbocycles. The number of carbonyl (C=O) groups excluding carboxylic acids is 2. The molecular formula is C24H31ClO4. The Balaban J connectivity index is 1.88. The molecule has 0 spiro atoms. The van der Waals surface area contributed by atoms with Crippen LogP contribution in [0.25, 0.3) is 0 Å². The molecule has 0 radical (unpaired) electrons. The van der Waals surface area contributed by atoms with Gasteiger partial charge in [-0.25, -0.2) is 0 Å². The zero-order valence-electron chi connectivity index (χ0n) is 17.2. The first kappa shape index (κ1) is 23.2. The van der Waals surface area contributed by atoms with E-state index in [1.165, 1.54) is 32.1 Å². The molecule has 0 bridgehead atoms. The van der Waals surface area contributed by atoms with Gasteiger partial charge in [0.1, 0.15) is 0 Å². The lowest BCUT2D eigenvalue weighted by atomic mass is 9.87. The first-order valence-corrected chi connectivity index (χ1v) is 11.0. The van der Waals surface area contributed by atoms with Crippen LogP contribution in [0.15, 0.2) is 46.9 Å². The minimum absolute atomic E-state index is 0.00541. The predicted molar refractivity (Wildman–Crippen MR) is 116 cm³/mol. The van der Waals surface area contributed by atoms with Crippen LogP contribution in [-0.4, -0.2) is 21.8 Å². The van der Waals surface area contributed by atoms with Crippen LogP contribution in [0.2, 0.25) is 5.02 Å². The Kier molecular flexibility index (Phi) is 9.46. The highest BCUT2D eigenvalue weighted by atomic mass is 35.5. The van der Waals surface area contributed by atoms with E-state index in [0.29, 0.717) is 23.4 Å². The van der Waals surface area contributed by atoms with Gasteiger partial charge in [-0.05, 0) is 24.5 Å². The molecular weight excluding hydrogens is 388 g/mol. The number of halogens is 1. The molecule has 0 atom stereocenters. The van der Waals surface area contributed by atoms with Crippen LogP contribution in [-0.2, 0) is 16.0 Å². The zero-order valence-corrected chi connectivity index (χ0v) is 17.9. The van der Waals surface area contributed by atoms with Gasteiger partial charge in [0.15, 0.2) is 11.5 Å². The summed E-state index contributed by atoms with van der Waals surface area (Å²) in [6.45, 7) is 2.20. The molecule has 0 heterocycles. The Labute approximate surface area is 178 Å². The fraction of sp³-hybridized carbons (Fsp3) is 0.500. The smallest absolute Gasteiger partial charge is 0.227 e. The summed E-state index contributed by atoms with van der Waals surface area (Å²) in [5, 5.41) is 21.1. The summed E-state index contributed by atoms with van der Waals surface area (Å²) < 4.78 is 0. The van der Waals surface area contributed by atoms with Gasteiger partial charge in [0.25, 0.3) is 0 Å². The molecule has 2 rings (SSSR count). The van der Waals surface area contributed by atoms with Crippen LogP contribution in [0.5, 0.6) is 0 Å². The van der Waals surface area contributed by atoms with Crippen molar-refractivity contribution in [2.24, 2.45) is 0 Å². The predicted octanol–water partition coefficient (Wildman–Crippen LogP) is 6.58. The van der Waals surface area contributed by atoms with E-state index in [2.05, 4.69) is 6.92 Å². The summed E-state index contributed by atoms with van der Waals surface area (Å²) in [7, 11) is 0. The molecule has 158 valence electrons. The summed E-state index contributed by atoms with van der Waals surface area (Å²) >= 11 is 6.11. The molecule has 4 nitrogen and oxygen atoms in total. The summed E-state index contributed by atoms with van der Waals surface area (Å²) in [5.41, 5.74) is 0.543. The lowest BCUT2D eigenvalue weighted by Crippen LogP contribution is -2.25. The first-order chi connectivity index (χ1) is 14.0. The van der Waals surface area contributed by atoms with E-state index in [-0.39, 0.29) is 17.6 Å². The van der Waals surface area contributed by atoms with Gasteiger partial charge in [0.2, 0.25) is 11.6 Å². The van der Waals surface area contributed by atoms with Crippen molar-refractivity contribution in [3.8, 4) is 0 Å². The van der Waals surface area contributed by atoms with Crippen molar-refractivity contribution in [2.45, 2.75) is 77.6 Å². The maximum Gasteiger partial charge on any atom is 0.227 e. The van der Waals surface area contributed by atoms with Crippen LogP contribution in [0.3, 0.4) is 0 Å². The van der Waals surface area contributed by atoms with Crippen molar-refractivity contribution in [2.75, 3.05) is 0 Å². The largest absolute Gasteiger partial charge is 0.504 e. The van der Waals surface area contributed by atoms with E-state index < -0.39 is 23.1 Å². The topological polar surface area (TPSA) is 74.6 Å². The van der Waals surface area contributed by atoms with Crippen molar-refractivity contribution in [3.63, 3.8) is 0 Å². The minimum Gasteiger partial charge on any atom is -0.504 e. The maximum absolute atomic E-state index is 12.5. The Morgan fingerprint density at radius 3 is 1.90 bits per heavy atom. The van der Waals surface area contributed by atoms with Crippen molar-refractivity contribution in [3.05, 3.63) is 57.5 Å². The number of hydrogen-bond acceptors (Lipinski definition) is 4. The molecule has 0 aromatic heterocycles. The van der Waals surface area contributed by atoms with Gasteiger partial charge >= 0.3 is 0 Å². The fourth-order valence-electron chi connectivity index (χ4n) is 3.62. The number of carbonyl (C=O) groups is 2. The van der Waals surface area contributed by atoms with E-state index >= 15 is 0 Å². The summed E-state index contributed by atoms with van der Waals surface area (Å²) in [4.78, 5) is 25.1. The molecule has 0 aliphatic heterocycles. The van der Waals surface area contributed by atoms with Gasteiger partial charge in [0, 0.05) is 17.0 Å². The van der Waals surface area contributed by atoms with Gasteiger partial charge in [0.05, 0.1) is 5.57 Å². The number of aliphatic hydroxyl groups is 2. The monoisotopic (exact) mass is 418 g/mol. The van der Waals surface area contributed by atoms with Gasteiger partial charge in [-0.15, -0.1) is 0 Å². The average Bonchev–Trinajstić information content (AvgIpc) is 2.72. The Hall–Kier alpha value is -2.07. The Morgan fingerprint density at radius 1 is 0.759 bits per heavy atom. The molecule has 5 heteroatoms. The van der Waals surface area contributed by atoms with E-state index in [9.17, 15) is 19.8 Å². The molecule has 2 N–H and O–H groups in total. The van der Waals surface area contributed by atoms with Crippen LogP contribution >= 0.6 is 11.6 Å². The van der Waals surface area contributed by atoms with Gasteiger partial charge in [-0.2, -0.15) is 0 Å². The van der Waals surface area contributed by atoms with Crippen LogP contribution in [0.1, 0.15) is 76.7 Å². The summed E-state index contributed by atoms with van der Waals surface area (Å²) in [6, 6.07) is 6.92. The standard InChI is InChI=1S/C24H31ClO4/c1-2-3-4-5-6-7-8-9-10-14-18-21(26)23(28)19(24(29)22(18)27)16-17-13-11-12-15-20(17)25/h11-13,15,26,29H,2-10,14,16H2,1H3. The van der Waals surface area contributed by atoms with Gasteiger partial charge in [-0.3, -0.25) is 9.59 Å². The molecule has 0 saturated heterocycles. The fourth-order valence-corrected chi connectivity index (χ4v) is 3.82. The normalized spacial score (nSPS) is 14.8. The second-order valence-corrected chi connectivity index (χ2v) is 8.07. The van der Waals surface area contributed by atoms with E-state index in [0.717, 1.165) is 19.3 Å². The molecule has 1 aliphatic carbocycles. The minimum atomic E-state index is -0.687. The third-order valence-electron chi connectivity index (χ3n) is 5.41. The van der Waals surface area contributed by atoms with E-state index in [1.807, 2.05) is 0 Å². The number of ketones is 2. The number of hydrogen-bond donors (Lipinski definition) is 2. The third kappa shape index (κ3) is 6.46. The Bertz CT molecular complexity index is 792. The average molecular weight is 419 g/mol. The number of aliphatic hydroxyl groups excluding tert-OH is 2. The van der Waals surface area contributed by atoms with Crippen molar-refractivity contribution in [1.82, 2.24) is 0 Å². The van der Waals surface area contributed by atoms with Gasteiger partial charge in [-0.1, -0.05) is 88.1 Å². The second kappa shape index (κ2) is 11.8. The Morgan fingerprint density at radius 2 is 1.28 bits per heavy atom. The van der Waals surface area contributed by atoms with Crippen molar-refractivity contribution in [1.29, 1.82) is 0 Å². The molecule has 0 unspecified atom stereocenters. The molecule has 0 amide bonds. The number of unbranched alkanes of at least 4 members (excludes halogenated alkanes) is 8. The number of rotatable bonds is 12. The highest BCUT2D eigenvalue weighted by Gasteiger charge is 2.34. The second-order valence-electron chi connectivity index (χ2n) is 7.66. The third-order valence-corrected chi connectivity index (χ3v) is 5.77. The lowest BCUT2D eigenvalue weighted by molar-refractivity contribution is -0.120. The summed E-state index contributed by atoms with van der Waals surface area (Å²) in [5.74, 6) is -2.44. The molecule has 1 aliphatic rings. The summed E-state index contributed by atoms with van der Waals surface area (Å²) in [6.07, 6.45) is 10.5. The first-order valence-electron chi connectivity index (χ1n) is 10.6. The molecule has 1 aromatic rings. The van der Waals surface area contributed by atoms with Gasteiger partial charge < -0.3 is 10.2 Å². The highest BCUT2D eigenvalue weighted by Crippen LogP contribution is 2.29. The SMILES string of the molecule is CCCCCCCCCCCC1=C(O)C(=O)C(Cc2ccccc2Cl)=C(O)C1=O. The zero-order chi connectivity index (χ0) is 21.2. The molecule has 29 heavy (non-hydrogen) atoms. The van der Waals surface area contributed by atoms with Crippen LogP contribution in [0.4, 0.5) is 0 Å². The molecule has 0 fully saturated rings. The highest BCUT2D eigenvalue weighted by molar-refractivity contribution is 6.31. The van der Waals surface area contributed by atoms with Crippen molar-refractivity contribution >= 4 is 23.2 Å². The van der Waals surface area contributed by atoms with Crippen LogP contribution < -0.4 is 0 Å².